The van der Waals surface area contributed by atoms with Gasteiger partial charge in [-0.1, -0.05) is 11.3 Å². The lowest BCUT2D eigenvalue weighted by Crippen LogP contribution is -2.24. The molecule has 0 bridgehead atoms. The highest BCUT2D eigenvalue weighted by Gasteiger charge is 2.28. The fourth-order valence-corrected chi connectivity index (χ4v) is 3.08. The van der Waals surface area contributed by atoms with E-state index in [0.29, 0.717) is 4.88 Å². The maximum absolute atomic E-state index is 13.7. The van der Waals surface area contributed by atoms with Crippen LogP contribution in [0.2, 0.25) is 0 Å². The third-order valence-electron chi connectivity index (χ3n) is 2.76. The summed E-state index contributed by atoms with van der Waals surface area (Å²) in [6, 6.07) is 0. The van der Waals surface area contributed by atoms with Crippen molar-refractivity contribution in [3.63, 3.8) is 0 Å². The lowest BCUT2D eigenvalue weighted by atomic mass is 9.93. The van der Waals surface area contributed by atoms with Gasteiger partial charge in [-0.15, -0.1) is 0 Å². The van der Waals surface area contributed by atoms with E-state index in [1.165, 1.54) is 0 Å². The number of carbonyl (C=O) groups is 1. The first-order valence-corrected chi connectivity index (χ1v) is 6.73. The minimum absolute atomic E-state index is 0.208. The Morgan fingerprint density at radius 2 is 1.82 bits per heavy atom. The molecule has 0 amide bonds. The van der Waals surface area contributed by atoms with Crippen LogP contribution in [-0.2, 0) is 17.6 Å². The molecule has 2 nitrogen and oxygen atoms in total. The number of esters is 1. The van der Waals surface area contributed by atoms with E-state index in [1.54, 1.807) is 0 Å². The molecular weight excluding hydrogens is 239 g/mol. The molecule has 0 saturated carbocycles. The Morgan fingerprint density at radius 1 is 1.24 bits per heavy atom. The molecule has 0 atom stereocenters. The molecule has 0 N–H and O–H groups in total. The average Bonchev–Trinajstić information content (AvgIpc) is 2.55. The Morgan fingerprint density at radius 3 is 2.41 bits per heavy atom. The van der Waals surface area contributed by atoms with E-state index in [0.717, 1.165) is 48.1 Å². The van der Waals surface area contributed by atoms with Crippen LogP contribution in [0.3, 0.4) is 0 Å². The van der Waals surface area contributed by atoms with Crippen LogP contribution in [0.5, 0.6) is 0 Å². The second-order valence-electron chi connectivity index (χ2n) is 5.37. The van der Waals surface area contributed by atoms with Gasteiger partial charge in [-0.2, -0.15) is 4.39 Å². The molecule has 0 aromatic carbocycles. The molecule has 1 aliphatic rings. The summed E-state index contributed by atoms with van der Waals surface area (Å²) in [7, 11) is 0. The minimum atomic E-state index is -0.529. The topological polar surface area (TPSA) is 26.3 Å². The zero-order valence-electron chi connectivity index (χ0n) is 10.4. The molecule has 94 valence electrons. The van der Waals surface area contributed by atoms with Crippen molar-refractivity contribution in [3.05, 3.63) is 21.1 Å². The average molecular weight is 256 g/mol. The van der Waals surface area contributed by atoms with Crippen molar-refractivity contribution in [2.45, 2.75) is 52.1 Å². The van der Waals surface area contributed by atoms with Crippen LogP contribution < -0.4 is 0 Å². The molecule has 0 fully saturated rings. The fraction of sp³-hybridized carbons (Fsp3) is 0.615. The van der Waals surface area contributed by atoms with Gasteiger partial charge < -0.3 is 4.74 Å². The highest BCUT2D eigenvalue weighted by atomic mass is 32.1. The van der Waals surface area contributed by atoms with Gasteiger partial charge in [0.1, 0.15) is 10.5 Å². The number of fused-ring (bicyclic) bond motifs is 1. The van der Waals surface area contributed by atoms with Crippen LogP contribution >= 0.6 is 11.3 Å². The predicted octanol–water partition coefficient (Wildman–Crippen LogP) is 3.72. The Bertz CT molecular complexity index is 443. The van der Waals surface area contributed by atoms with Crippen LogP contribution in [-0.4, -0.2) is 11.6 Å². The van der Waals surface area contributed by atoms with Gasteiger partial charge >= 0.3 is 5.97 Å². The monoisotopic (exact) mass is 256 g/mol. The largest absolute Gasteiger partial charge is 0.456 e. The molecule has 1 heterocycles. The Balaban J connectivity index is 2.30. The minimum Gasteiger partial charge on any atom is -0.456 e. The van der Waals surface area contributed by atoms with Gasteiger partial charge in [0.2, 0.25) is 0 Å². The zero-order chi connectivity index (χ0) is 12.6. The van der Waals surface area contributed by atoms with Crippen LogP contribution in [0, 0.1) is 5.13 Å². The van der Waals surface area contributed by atoms with Crippen molar-refractivity contribution in [2.24, 2.45) is 0 Å². The molecule has 0 spiro atoms. The molecule has 17 heavy (non-hydrogen) atoms. The van der Waals surface area contributed by atoms with E-state index in [9.17, 15) is 9.18 Å². The maximum atomic E-state index is 13.7. The molecule has 0 radical (unpaired) electrons. The van der Waals surface area contributed by atoms with Gasteiger partial charge in [0, 0.05) is 5.56 Å². The number of ether oxygens (including phenoxy) is 1. The van der Waals surface area contributed by atoms with Crippen LogP contribution in [0.1, 0.15) is 54.4 Å². The van der Waals surface area contributed by atoms with E-state index < -0.39 is 5.60 Å². The third kappa shape index (κ3) is 2.68. The zero-order valence-corrected chi connectivity index (χ0v) is 11.2. The Labute approximate surface area is 105 Å². The van der Waals surface area contributed by atoms with Crippen LogP contribution in [0.4, 0.5) is 4.39 Å². The van der Waals surface area contributed by atoms with E-state index in [1.807, 2.05) is 20.8 Å². The highest BCUT2D eigenvalue weighted by Crippen LogP contribution is 2.34. The van der Waals surface area contributed by atoms with Gasteiger partial charge in [-0.3, -0.25) is 0 Å². The van der Waals surface area contributed by atoms with Gasteiger partial charge in [0.15, 0.2) is 5.13 Å². The van der Waals surface area contributed by atoms with Crippen molar-refractivity contribution < 1.29 is 13.9 Å². The highest BCUT2D eigenvalue weighted by molar-refractivity contribution is 7.12. The van der Waals surface area contributed by atoms with Crippen molar-refractivity contribution in [3.8, 4) is 0 Å². The second kappa shape index (κ2) is 4.41. The van der Waals surface area contributed by atoms with E-state index in [-0.39, 0.29) is 11.1 Å². The van der Waals surface area contributed by atoms with Gasteiger partial charge in [0.05, 0.1) is 0 Å². The van der Waals surface area contributed by atoms with Gasteiger partial charge in [0.25, 0.3) is 0 Å². The molecule has 1 aromatic heterocycles. The Hall–Kier alpha value is -0.900. The lowest BCUT2D eigenvalue weighted by Gasteiger charge is -2.20. The molecule has 4 heteroatoms. The number of rotatable bonds is 1. The molecule has 2 rings (SSSR count). The van der Waals surface area contributed by atoms with E-state index in [2.05, 4.69) is 0 Å². The number of carbonyl (C=O) groups excluding carboxylic acids is 1. The summed E-state index contributed by atoms with van der Waals surface area (Å²) in [4.78, 5) is 12.4. The summed E-state index contributed by atoms with van der Waals surface area (Å²) in [5.74, 6) is -0.385. The summed E-state index contributed by atoms with van der Waals surface area (Å²) < 4.78 is 19.0. The third-order valence-corrected chi connectivity index (χ3v) is 3.80. The summed E-state index contributed by atoms with van der Waals surface area (Å²) in [5, 5.41) is -0.208. The predicted molar refractivity (Wildman–Crippen MR) is 66.1 cm³/mol. The summed E-state index contributed by atoms with van der Waals surface area (Å²) in [6.07, 6.45) is 3.58. The SMILES string of the molecule is CC(C)(C)OC(=O)c1sc(F)c2c1CCCC2. The smallest absolute Gasteiger partial charge is 0.349 e. The maximum Gasteiger partial charge on any atom is 0.349 e. The molecule has 0 aliphatic heterocycles. The number of hydrogen-bond donors (Lipinski definition) is 0. The molecule has 0 saturated heterocycles. The van der Waals surface area contributed by atoms with E-state index >= 15 is 0 Å². The summed E-state index contributed by atoms with van der Waals surface area (Å²) in [5.41, 5.74) is 1.09. The second-order valence-corrected chi connectivity index (χ2v) is 6.34. The normalized spacial score (nSPS) is 15.5. The quantitative estimate of drug-likeness (QED) is 0.716. The van der Waals surface area contributed by atoms with Gasteiger partial charge in [-0.25, -0.2) is 4.79 Å². The molecular formula is C13H17FO2S. The molecule has 0 unspecified atom stereocenters. The van der Waals surface area contributed by atoms with Crippen LogP contribution in [0.15, 0.2) is 0 Å². The van der Waals surface area contributed by atoms with Crippen LogP contribution in [0.25, 0.3) is 0 Å². The molecule has 1 aliphatic carbocycles. The van der Waals surface area contributed by atoms with Crippen molar-refractivity contribution in [1.29, 1.82) is 0 Å². The summed E-state index contributed by atoms with van der Waals surface area (Å²) in [6.45, 7) is 5.46. The summed E-state index contributed by atoms with van der Waals surface area (Å²) >= 11 is 0.938. The molecule has 1 aromatic rings. The standard InChI is InChI=1S/C13H17FO2S/c1-13(2,3)16-12(15)10-8-6-4-5-7-9(8)11(14)17-10/h4-7H2,1-3H3. The number of thiophene rings is 1. The number of halogens is 1. The first kappa shape index (κ1) is 12.6. The van der Waals surface area contributed by atoms with Crippen molar-refractivity contribution >= 4 is 17.3 Å². The van der Waals surface area contributed by atoms with Gasteiger partial charge in [-0.05, 0) is 52.0 Å². The van der Waals surface area contributed by atoms with E-state index in [4.69, 9.17) is 4.74 Å². The Kier molecular flexibility index (Phi) is 3.25. The number of hydrogen-bond acceptors (Lipinski definition) is 3. The first-order valence-electron chi connectivity index (χ1n) is 5.92. The lowest BCUT2D eigenvalue weighted by molar-refractivity contribution is 0.00739. The fourth-order valence-electron chi connectivity index (χ4n) is 2.07. The first-order chi connectivity index (χ1) is 7.88. The van der Waals surface area contributed by atoms with Crippen molar-refractivity contribution in [2.75, 3.05) is 0 Å². The van der Waals surface area contributed by atoms with Crippen molar-refractivity contribution in [1.82, 2.24) is 0 Å².